The predicted molar refractivity (Wildman–Crippen MR) is 112 cm³/mol. The number of anilines is 1. The molecular formula is C21H21ClN2O7. The van der Waals surface area contributed by atoms with Crippen LogP contribution in [0.1, 0.15) is 28.8 Å². The van der Waals surface area contributed by atoms with Crippen LogP contribution in [0.4, 0.5) is 10.5 Å². The zero-order valence-corrected chi connectivity index (χ0v) is 17.3. The second kappa shape index (κ2) is 11.6. The van der Waals surface area contributed by atoms with E-state index in [4.69, 9.17) is 21.4 Å². The molecule has 0 spiro atoms. The third-order valence-electron chi connectivity index (χ3n) is 4.11. The SMILES string of the molecule is COC(=O)c1cc(Cl)ccc1NC(=O)C(CCC(=O)O)NC(=O)OCc1ccccc1. The molecule has 0 heterocycles. The molecule has 0 aliphatic carbocycles. The minimum absolute atomic E-state index is 0.00647. The van der Waals surface area contributed by atoms with Crippen LogP contribution in [0.25, 0.3) is 0 Å². The summed E-state index contributed by atoms with van der Waals surface area (Å²) in [6.07, 6.45) is -1.46. The first-order chi connectivity index (χ1) is 14.8. The Hall–Kier alpha value is -3.59. The van der Waals surface area contributed by atoms with Crippen LogP contribution >= 0.6 is 11.6 Å². The Kier molecular flexibility index (Phi) is 8.83. The van der Waals surface area contributed by atoms with Gasteiger partial charge in [-0.15, -0.1) is 0 Å². The topological polar surface area (TPSA) is 131 Å². The highest BCUT2D eigenvalue weighted by Crippen LogP contribution is 2.22. The Morgan fingerprint density at radius 3 is 2.45 bits per heavy atom. The van der Waals surface area contributed by atoms with Gasteiger partial charge in [0.1, 0.15) is 12.6 Å². The minimum Gasteiger partial charge on any atom is -0.481 e. The van der Waals surface area contributed by atoms with Gasteiger partial charge < -0.3 is 25.2 Å². The number of amides is 2. The first kappa shape index (κ1) is 23.7. The van der Waals surface area contributed by atoms with Crippen molar-refractivity contribution in [2.45, 2.75) is 25.5 Å². The number of aliphatic carboxylic acids is 1. The molecule has 2 amide bonds. The zero-order valence-electron chi connectivity index (χ0n) is 16.6. The third-order valence-corrected chi connectivity index (χ3v) is 4.35. The van der Waals surface area contributed by atoms with E-state index < -0.39 is 30.0 Å². The highest BCUT2D eigenvalue weighted by Gasteiger charge is 2.24. The number of carboxylic acid groups (broad SMARTS) is 1. The van der Waals surface area contributed by atoms with E-state index in [0.717, 1.165) is 5.56 Å². The molecule has 0 aliphatic rings. The van der Waals surface area contributed by atoms with Crippen molar-refractivity contribution in [3.8, 4) is 0 Å². The summed E-state index contributed by atoms with van der Waals surface area (Å²) in [5, 5.41) is 14.1. The van der Waals surface area contributed by atoms with Gasteiger partial charge in [-0.05, 0) is 30.2 Å². The van der Waals surface area contributed by atoms with Crippen LogP contribution in [0.3, 0.4) is 0 Å². The molecule has 0 aliphatic heterocycles. The monoisotopic (exact) mass is 448 g/mol. The van der Waals surface area contributed by atoms with Gasteiger partial charge in [-0.2, -0.15) is 0 Å². The molecule has 164 valence electrons. The van der Waals surface area contributed by atoms with Crippen LogP contribution in [0.15, 0.2) is 48.5 Å². The maximum absolute atomic E-state index is 12.7. The van der Waals surface area contributed by atoms with E-state index in [0.29, 0.717) is 0 Å². The quantitative estimate of drug-likeness (QED) is 0.502. The van der Waals surface area contributed by atoms with E-state index in [1.54, 1.807) is 24.3 Å². The van der Waals surface area contributed by atoms with Crippen molar-refractivity contribution >= 4 is 41.2 Å². The van der Waals surface area contributed by atoms with Gasteiger partial charge in [-0.1, -0.05) is 41.9 Å². The van der Waals surface area contributed by atoms with E-state index in [1.807, 2.05) is 6.07 Å². The lowest BCUT2D eigenvalue weighted by atomic mass is 10.1. The van der Waals surface area contributed by atoms with Crippen molar-refractivity contribution in [1.82, 2.24) is 5.32 Å². The molecule has 31 heavy (non-hydrogen) atoms. The predicted octanol–water partition coefficient (Wildman–Crippen LogP) is 3.22. The number of carboxylic acids is 1. The van der Waals surface area contributed by atoms with E-state index in [2.05, 4.69) is 15.4 Å². The van der Waals surface area contributed by atoms with Crippen LogP contribution in [0.2, 0.25) is 5.02 Å². The number of nitrogens with one attached hydrogen (secondary N) is 2. The number of halogens is 1. The normalized spacial score (nSPS) is 11.2. The van der Waals surface area contributed by atoms with Gasteiger partial charge in [0.25, 0.3) is 0 Å². The van der Waals surface area contributed by atoms with Crippen LogP contribution in [0, 0.1) is 0 Å². The summed E-state index contributed by atoms with van der Waals surface area (Å²) in [4.78, 5) is 47.8. The number of hydrogen-bond acceptors (Lipinski definition) is 6. The Labute approximate surface area is 183 Å². The molecule has 9 nitrogen and oxygen atoms in total. The fourth-order valence-corrected chi connectivity index (χ4v) is 2.74. The van der Waals surface area contributed by atoms with Gasteiger partial charge in [-0.3, -0.25) is 9.59 Å². The summed E-state index contributed by atoms with van der Waals surface area (Å²) >= 11 is 5.90. The molecule has 0 bridgehead atoms. The zero-order chi connectivity index (χ0) is 22.8. The molecular weight excluding hydrogens is 428 g/mol. The lowest BCUT2D eigenvalue weighted by molar-refractivity contribution is -0.137. The highest BCUT2D eigenvalue weighted by atomic mass is 35.5. The molecule has 2 aromatic carbocycles. The largest absolute Gasteiger partial charge is 0.481 e. The minimum atomic E-state index is -1.22. The molecule has 1 atom stereocenters. The first-order valence-electron chi connectivity index (χ1n) is 9.18. The molecule has 2 aromatic rings. The first-order valence-corrected chi connectivity index (χ1v) is 9.55. The summed E-state index contributed by atoms with van der Waals surface area (Å²) in [6.45, 7) is -0.0242. The van der Waals surface area contributed by atoms with E-state index in [1.165, 1.54) is 25.3 Å². The number of rotatable bonds is 9. The van der Waals surface area contributed by atoms with Gasteiger partial charge >= 0.3 is 18.0 Å². The number of benzene rings is 2. The second-order valence-electron chi connectivity index (χ2n) is 6.36. The maximum atomic E-state index is 12.7. The van der Waals surface area contributed by atoms with Gasteiger partial charge in [0, 0.05) is 11.4 Å². The van der Waals surface area contributed by atoms with Crippen molar-refractivity contribution in [3.05, 3.63) is 64.7 Å². The van der Waals surface area contributed by atoms with Crippen molar-refractivity contribution in [3.63, 3.8) is 0 Å². The molecule has 0 aromatic heterocycles. The van der Waals surface area contributed by atoms with Crippen molar-refractivity contribution in [2.24, 2.45) is 0 Å². The summed E-state index contributed by atoms with van der Waals surface area (Å²) in [5.41, 5.74) is 0.848. The molecule has 0 saturated heterocycles. The van der Waals surface area contributed by atoms with E-state index >= 15 is 0 Å². The van der Waals surface area contributed by atoms with E-state index in [-0.39, 0.29) is 35.7 Å². The number of alkyl carbamates (subject to hydrolysis) is 1. The number of hydrogen-bond donors (Lipinski definition) is 3. The Balaban J connectivity index is 2.10. The number of esters is 1. The lowest BCUT2D eigenvalue weighted by Crippen LogP contribution is -2.44. The standard InChI is InChI=1S/C21H21ClN2O7/c1-30-20(28)15-11-14(22)7-8-16(15)23-19(27)17(9-10-18(25)26)24-21(29)31-12-13-5-3-2-4-6-13/h2-8,11,17H,9-10,12H2,1H3,(H,23,27)(H,24,29)(H,25,26). The Bertz CT molecular complexity index is 950. The number of carbonyl (C=O) groups is 4. The van der Waals surface area contributed by atoms with Gasteiger partial charge in [0.05, 0.1) is 18.4 Å². The van der Waals surface area contributed by atoms with Gasteiger partial charge in [0.2, 0.25) is 5.91 Å². The molecule has 1 unspecified atom stereocenters. The van der Waals surface area contributed by atoms with Crippen LogP contribution < -0.4 is 10.6 Å². The van der Waals surface area contributed by atoms with Crippen molar-refractivity contribution in [2.75, 3.05) is 12.4 Å². The molecule has 0 radical (unpaired) electrons. The maximum Gasteiger partial charge on any atom is 0.408 e. The molecule has 2 rings (SSSR count). The van der Waals surface area contributed by atoms with Crippen LogP contribution in [-0.2, 0) is 25.7 Å². The number of carbonyl (C=O) groups excluding carboxylic acids is 3. The van der Waals surface area contributed by atoms with E-state index in [9.17, 15) is 19.2 Å². The molecule has 0 fully saturated rings. The number of methoxy groups -OCH3 is 1. The van der Waals surface area contributed by atoms with Gasteiger partial charge in [-0.25, -0.2) is 9.59 Å². The summed E-state index contributed by atoms with van der Waals surface area (Å²) in [5.74, 6) is -2.60. The van der Waals surface area contributed by atoms with Crippen LogP contribution in [-0.4, -0.2) is 42.2 Å². The third kappa shape index (κ3) is 7.63. The highest BCUT2D eigenvalue weighted by molar-refractivity contribution is 6.31. The number of ether oxygens (including phenoxy) is 2. The summed E-state index contributed by atoms with van der Waals surface area (Å²) < 4.78 is 9.77. The molecule has 0 saturated carbocycles. The molecule has 10 heteroatoms. The fourth-order valence-electron chi connectivity index (χ4n) is 2.57. The average molecular weight is 449 g/mol. The van der Waals surface area contributed by atoms with Crippen molar-refractivity contribution in [1.29, 1.82) is 0 Å². The average Bonchev–Trinajstić information content (AvgIpc) is 2.76. The van der Waals surface area contributed by atoms with Crippen molar-refractivity contribution < 1.29 is 33.8 Å². The summed E-state index contributed by atoms with van der Waals surface area (Å²) in [7, 11) is 1.18. The second-order valence-corrected chi connectivity index (χ2v) is 6.80. The molecule has 3 N–H and O–H groups in total. The Morgan fingerprint density at radius 1 is 1.10 bits per heavy atom. The fraction of sp³-hybridized carbons (Fsp3) is 0.238. The van der Waals surface area contributed by atoms with Gasteiger partial charge in [0.15, 0.2) is 0 Å². The van der Waals surface area contributed by atoms with Crippen LogP contribution in [0.5, 0.6) is 0 Å². The Morgan fingerprint density at radius 2 is 1.81 bits per heavy atom. The smallest absolute Gasteiger partial charge is 0.408 e. The summed E-state index contributed by atoms with van der Waals surface area (Å²) in [6, 6.07) is 11.8. The lowest BCUT2D eigenvalue weighted by Gasteiger charge is -2.19.